The number of nitrogen functional groups attached to an aromatic ring is 1. The third-order valence-corrected chi connectivity index (χ3v) is 2.15. The fourth-order valence-electron chi connectivity index (χ4n) is 1.63. The van der Waals surface area contributed by atoms with Gasteiger partial charge in [-0.15, -0.1) is 0 Å². The van der Waals surface area contributed by atoms with Gasteiger partial charge in [0.25, 0.3) is 0 Å². The van der Waals surface area contributed by atoms with E-state index in [2.05, 4.69) is 26.1 Å². The lowest BCUT2D eigenvalue weighted by Gasteiger charge is -2.17. The second-order valence-electron chi connectivity index (χ2n) is 4.30. The average molecular weight is 192 g/mol. The van der Waals surface area contributed by atoms with Gasteiger partial charge in [0.05, 0.1) is 0 Å². The van der Waals surface area contributed by atoms with Crippen LogP contribution in [0.3, 0.4) is 0 Å². The zero-order valence-corrected chi connectivity index (χ0v) is 9.25. The summed E-state index contributed by atoms with van der Waals surface area (Å²) in [5, 5.41) is 3.44. The van der Waals surface area contributed by atoms with Crippen molar-refractivity contribution in [2.45, 2.75) is 33.2 Å². The second kappa shape index (κ2) is 4.89. The molecule has 0 aliphatic carbocycles. The summed E-state index contributed by atoms with van der Waals surface area (Å²) in [7, 11) is 0. The van der Waals surface area contributed by atoms with Crippen LogP contribution >= 0.6 is 0 Å². The minimum absolute atomic E-state index is 0.513. The standard InChI is InChI=1S/C12H20N2/c1-9(2)8-10(3)14-12-6-4-11(13)5-7-12/h4-7,9-10,14H,8,13H2,1-3H3. The largest absolute Gasteiger partial charge is 0.399 e. The molecule has 0 spiro atoms. The molecule has 2 nitrogen and oxygen atoms in total. The van der Waals surface area contributed by atoms with Crippen LogP contribution in [0.1, 0.15) is 27.2 Å². The lowest BCUT2D eigenvalue weighted by molar-refractivity contribution is 0.540. The molecule has 1 unspecified atom stereocenters. The Bertz CT molecular complexity index is 264. The lowest BCUT2D eigenvalue weighted by atomic mass is 10.1. The molecule has 0 aromatic heterocycles. The fraction of sp³-hybridized carbons (Fsp3) is 0.500. The first kappa shape index (κ1) is 10.9. The predicted molar refractivity (Wildman–Crippen MR) is 63.4 cm³/mol. The Morgan fingerprint density at radius 2 is 1.71 bits per heavy atom. The molecule has 2 heteroatoms. The van der Waals surface area contributed by atoms with Crippen molar-refractivity contribution in [2.24, 2.45) is 5.92 Å². The van der Waals surface area contributed by atoms with Crippen LogP contribution in [-0.4, -0.2) is 6.04 Å². The summed E-state index contributed by atoms with van der Waals surface area (Å²) >= 11 is 0. The molecular formula is C12H20N2. The topological polar surface area (TPSA) is 38.0 Å². The number of nitrogens with one attached hydrogen (secondary N) is 1. The van der Waals surface area contributed by atoms with Crippen molar-refractivity contribution in [1.82, 2.24) is 0 Å². The van der Waals surface area contributed by atoms with E-state index in [-0.39, 0.29) is 0 Å². The number of nitrogens with two attached hydrogens (primary N) is 1. The third kappa shape index (κ3) is 3.69. The molecule has 1 atom stereocenters. The van der Waals surface area contributed by atoms with Crippen LogP contribution in [0.25, 0.3) is 0 Å². The Morgan fingerprint density at radius 1 is 1.14 bits per heavy atom. The number of rotatable bonds is 4. The van der Waals surface area contributed by atoms with E-state index in [1.165, 1.54) is 6.42 Å². The van der Waals surface area contributed by atoms with Crippen LogP contribution in [0.5, 0.6) is 0 Å². The zero-order chi connectivity index (χ0) is 10.6. The van der Waals surface area contributed by atoms with Gasteiger partial charge in [-0.25, -0.2) is 0 Å². The van der Waals surface area contributed by atoms with Crippen molar-refractivity contribution < 1.29 is 0 Å². The monoisotopic (exact) mass is 192 g/mol. The molecule has 0 aliphatic rings. The summed E-state index contributed by atoms with van der Waals surface area (Å²) in [6, 6.07) is 8.39. The van der Waals surface area contributed by atoms with Gasteiger partial charge in [-0.1, -0.05) is 13.8 Å². The van der Waals surface area contributed by atoms with E-state index in [1.54, 1.807) is 0 Å². The maximum absolute atomic E-state index is 5.61. The first-order valence-corrected chi connectivity index (χ1v) is 5.20. The highest BCUT2D eigenvalue weighted by Gasteiger charge is 2.03. The molecule has 0 saturated carbocycles. The molecule has 0 amide bonds. The van der Waals surface area contributed by atoms with Gasteiger partial charge in [0.2, 0.25) is 0 Å². The third-order valence-electron chi connectivity index (χ3n) is 2.15. The van der Waals surface area contributed by atoms with Gasteiger partial charge >= 0.3 is 0 Å². The van der Waals surface area contributed by atoms with E-state index in [0.29, 0.717) is 6.04 Å². The van der Waals surface area contributed by atoms with Gasteiger partial charge in [-0.05, 0) is 43.5 Å². The molecular weight excluding hydrogens is 172 g/mol. The molecule has 3 N–H and O–H groups in total. The van der Waals surface area contributed by atoms with E-state index in [1.807, 2.05) is 24.3 Å². The Morgan fingerprint density at radius 3 is 2.21 bits per heavy atom. The number of anilines is 2. The fourth-order valence-corrected chi connectivity index (χ4v) is 1.63. The minimum Gasteiger partial charge on any atom is -0.399 e. The molecule has 1 aromatic carbocycles. The van der Waals surface area contributed by atoms with Gasteiger partial charge in [0.1, 0.15) is 0 Å². The summed E-state index contributed by atoms with van der Waals surface area (Å²) in [6.45, 7) is 6.68. The van der Waals surface area contributed by atoms with Crippen molar-refractivity contribution in [1.29, 1.82) is 0 Å². The van der Waals surface area contributed by atoms with Crippen LogP contribution in [0, 0.1) is 5.92 Å². The molecule has 1 rings (SSSR count). The molecule has 0 heterocycles. The normalized spacial score (nSPS) is 12.9. The van der Waals surface area contributed by atoms with Gasteiger partial charge in [0, 0.05) is 17.4 Å². The first-order valence-electron chi connectivity index (χ1n) is 5.20. The van der Waals surface area contributed by atoms with E-state index in [9.17, 15) is 0 Å². The summed E-state index contributed by atoms with van der Waals surface area (Å²) in [4.78, 5) is 0. The van der Waals surface area contributed by atoms with Crippen molar-refractivity contribution >= 4 is 11.4 Å². The summed E-state index contributed by atoms with van der Waals surface area (Å²) in [5.41, 5.74) is 7.57. The highest BCUT2D eigenvalue weighted by Crippen LogP contribution is 2.14. The maximum Gasteiger partial charge on any atom is 0.0343 e. The van der Waals surface area contributed by atoms with Gasteiger partial charge < -0.3 is 11.1 Å². The number of hydrogen-bond acceptors (Lipinski definition) is 2. The molecule has 14 heavy (non-hydrogen) atoms. The second-order valence-corrected chi connectivity index (χ2v) is 4.30. The summed E-state index contributed by atoms with van der Waals surface area (Å²) in [5.74, 6) is 0.728. The van der Waals surface area contributed by atoms with Crippen molar-refractivity contribution in [3.63, 3.8) is 0 Å². The van der Waals surface area contributed by atoms with E-state index in [4.69, 9.17) is 5.73 Å². The number of hydrogen-bond donors (Lipinski definition) is 2. The van der Waals surface area contributed by atoms with E-state index < -0.39 is 0 Å². The van der Waals surface area contributed by atoms with Crippen LogP contribution in [-0.2, 0) is 0 Å². The molecule has 0 bridgehead atoms. The first-order chi connectivity index (χ1) is 6.58. The van der Waals surface area contributed by atoms with Crippen molar-refractivity contribution in [3.05, 3.63) is 24.3 Å². The average Bonchev–Trinajstić information content (AvgIpc) is 2.07. The van der Waals surface area contributed by atoms with Crippen molar-refractivity contribution in [3.8, 4) is 0 Å². The molecule has 0 fully saturated rings. The molecule has 78 valence electrons. The van der Waals surface area contributed by atoms with E-state index >= 15 is 0 Å². The number of benzene rings is 1. The Kier molecular flexibility index (Phi) is 3.81. The highest BCUT2D eigenvalue weighted by atomic mass is 14.9. The Labute approximate surface area is 86.5 Å². The maximum atomic E-state index is 5.61. The van der Waals surface area contributed by atoms with Crippen LogP contribution in [0.15, 0.2) is 24.3 Å². The Balaban J connectivity index is 2.47. The van der Waals surface area contributed by atoms with Crippen molar-refractivity contribution in [2.75, 3.05) is 11.1 Å². The van der Waals surface area contributed by atoms with Crippen LogP contribution in [0.4, 0.5) is 11.4 Å². The molecule has 0 radical (unpaired) electrons. The van der Waals surface area contributed by atoms with Crippen LogP contribution in [0.2, 0.25) is 0 Å². The highest BCUT2D eigenvalue weighted by molar-refractivity contribution is 5.51. The summed E-state index contributed by atoms with van der Waals surface area (Å²) < 4.78 is 0. The molecule has 0 saturated heterocycles. The van der Waals surface area contributed by atoms with Gasteiger partial charge in [0.15, 0.2) is 0 Å². The van der Waals surface area contributed by atoms with Crippen LogP contribution < -0.4 is 11.1 Å². The quantitative estimate of drug-likeness (QED) is 0.719. The smallest absolute Gasteiger partial charge is 0.0343 e. The van der Waals surface area contributed by atoms with E-state index in [0.717, 1.165) is 17.3 Å². The molecule has 1 aromatic rings. The summed E-state index contributed by atoms with van der Waals surface area (Å²) in [6.07, 6.45) is 1.18. The minimum atomic E-state index is 0.513. The van der Waals surface area contributed by atoms with Gasteiger partial charge in [-0.3, -0.25) is 0 Å². The lowest BCUT2D eigenvalue weighted by Crippen LogP contribution is -2.17. The van der Waals surface area contributed by atoms with Gasteiger partial charge in [-0.2, -0.15) is 0 Å². The SMILES string of the molecule is CC(C)CC(C)Nc1ccc(N)cc1. The molecule has 0 aliphatic heterocycles. The zero-order valence-electron chi connectivity index (χ0n) is 9.25. The predicted octanol–water partition coefficient (Wildman–Crippen LogP) is 3.12. The Hall–Kier alpha value is -1.18.